The Kier molecular flexibility index (Phi) is 4.04. The Hall–Kier alpha value is -0.760. The van der Waals surface area contributed by atoms with E-state index in [-0.39, 0.29) is 17.5 Å². The summed E-state index contributed by atoms with van der Waals surface area (Å²) in [4.78, 5) is 16.2. The van der Waals surface area contributed by atoms with Gasteiger partial charge in [0.25, 0.3) is 0 Å². The molecule has 70 valence electrons. The molecule has 0 aromatic rings. The Morgan fingerprint density at radius 2 is 2.00 bits per heavy atom. The van der Waals surface area contributed by atoms with Crippen molar-refractivity contribution in [1.29, 1.82) is 0 Å². The van der Waals surface area contributed by atoms with Crippen LogP contribution in [0.15, 0.2) is 0 Å². The maximum atomic E-state index is 11.9. The molecular formula is C8H12F2O2. The van der Waals surface area contributed by atoms with E-state index in [0.717, 1.165) is 12.8 Å². The van der Waals surface area contributed by atoms with Gasteiger partial charge in [-0.05, 0) is 11.8 Å². The molecule has 2 unspecified atom stereocenters. The number of carbonyl (C=O) groups excluding carboxylic acids is 2. The number of rotatable bonds is 2. The summed E-state index contributed by atoms with van der Waals surface area (Å²) in [5, 5.41) is 0. The molecule has 1 saturated carbocycles. The van der Waals surface area contributed by atoms with Gasteiger partial charge in [-0.15, -0.1) is 0 Å². The molecule has 0 heterocycles. The monoisotopic (exact) mass is 178 g/mol. The minimum atomic E-state index is -2.09. The standard InChI is InChI=1S/C7H12F2.CO2/c1-3-7(2)4-5(7)6(8)9;2-1-3/h5-6H,3-4H2,1-2H3;. The molecule has 0 aliphatic heterocycles. The smallest absolute Gasteiger partial charge is 0.210 e. The predicted octanol–water partition coefficient (Wildman–Crippen LogP) is 2.10. The summed E-state index contributed by atoms with van der Waals surface area (Å²) in [6.45, 7) is 3.91. The molecule has 1 aliphatic carbocycles. The van der Waals surface area contributed by atoms with E-state index in [4.69, 9.17) is 9.59 Å². The van der Waals surface area contributed by atoms with Crippen molar-refractivity contribution in [3.05, 3.63) is 0 Å². The first kappa shape index (κ1) is 11.2. The van der Waals surface area contributed by atoms with Gasteiger partial charge in [0.1, 0.15) is 0 Å². The van der Waals surface area contributed by atoms with Crippen molar-refractivity contribution in [2.45, 2.75) is 33.1 Å². The molecule has 0 amide bonds. The van der Waals surface area contributed by atoms with Crippen molar-refractivity contribution in [3.63, 3.8) is 0 Å². The highest BCUT2D eigenvalue weighted by molar-refractivity contribution is 5.20. The zero-order chi connectivity index (χ0) is 9.78. The van der Waals surface area contributed by atoms with E-state index in [0.29, 0.717) is 0 Å². The Balaban J connectivity index is 0.000000354. The third kappa shape index (κ3) is 2.70. The second-order valence-electron chi connectivity index (χ2n) is 3.24. The molecule has 1 aliphatic rings. The summed E-state index contributed by atoms with van der Waals surface area (Å²) >= 11 is 0. The average Bonchev–Trinajstić information content (AvgIpc) is 2.66. The quantitative estimate of drug-likeness (QED) is 0.648. The van der Waals surface area contributed by atoms with Gasteiger partial charge in [-0.3, -0.25) is 0 Å². The molecule has 4 heteroatoms. The van der Waals surface area contributed by atoms with Crippen molar-refractivity contribution in [3.8, 4) is 0 Å². The van der Waals surface area contributed by atoms with Crippen molar-refractivity contribution >= 4 is 6.15 Å². The van der Waals surface area contributed by atoms with Crippen molar-refractivity contribution in [2.75, 3.05) is 0 Å². The Bertz CT molecular complexity index is 176. The molecule has 0 aromatic heterocycles. The fraction of sp³-hybridized carbons (Fsp3) is 0.875. The zero-order valence-corrected chi connectivity index (χ0v) is 7.14. The van der Waals surface area contributed by atoms with Gasteiger partial charge >= 0.3 is 6.15 Å². The highest BCUT2D eigenvalue weighted by Crippen LogP contribution is 2.57. The molecule has 0 bridgehead atoms. The van der Waals surface area contributed by atoms with Gasteiger partial charge in [0, 0.05) is 5.92 Å². The van der Waals surface area contributed by atoms with Gasteiger partial charge < -0.3 is 0 Å². The molecule has 2 atom stereocenters. The molecule has 0 spiro atoms. The van der Waals surface area contributed by atoms with E-state index >= 15 is 0 Å². The van der Waals surface area contributed by atoms with E-state index in [9.17, 15) is 8.78 Å². The number of hydrogen-bond acceptors (Lipinski definition) is 2. The summed E-state index contributed by atoms with van der Waals surface area (Å²) in [5.74, 6) is -0.303. The molecule has 12 heavy (non-hydrogen) atoms. The largest absolute Gasteiger partial charge is 0.373 e. The third-order valence-electron chi connectivity index (χ3n) is 2.53. The molecule has 0 saturated heterocycles. The van der Waals surface area contributed by atoms with E-state index in [2.05, 4.69) is 0 Å². The normalized spacial score (nSPS) is 31.9. The lowest BCUT2D eigenvalue weighted by molar-refractivity contribution is -0.191. The van der Waals surface area contributed by atoms with Gasteiger partial charge in [-0.25, -0.2) is 8.78 Å². The fourth-order valence-corrected chi connectivity index (χ4v) is 1.24. The minimum Gasteiger partial charge on any atom is -0.210 e. The van der Waals surface area contributed by atoms with Crippen LogP contribution in [0.1, 0.15) is 26.7 Å². The van der Waals surface area contributed by atoms with Crippen LogP contribution in [0, 0.1) is 11.3 Å². The molecule has 0 aromatic carbocycles. The van der Waals surface area contributed by atoms with Crippen LogP contribution in [0.4, 0.5) is 8.78 Å². The van der Waals surface area contributed by atoms with Gasteiger partial charge in [0.15, 0.2) is 0 Å². The highest BCUT2D eigenvalue weighted by Gasteiger charge is 2.53. The minimum absolute atomic E-state index is 0.0197. The van der Waals surface area contributed by atoms with E-state index < -0.39 is 6.43 Å². The van der Waals surface area contributed by atoms with Crippen LogP contribution in [-0.2, 0) is 9.59 Å². The van der Waals surface area contributed by atoms with Crippen molar-refractivity contribution < 1.29 is 18.4 Å². The molecule has 0 radical (unpaired) electrons. The van der Waals surface area contributed by atoms with E-state index in [1.54, 1.807) is 0 Å². The first-order valence-electron chi connectivity index (χ1n) is 3.79. The predicted molar refractivity (Wildman–Crippen MR) is 37.5 cm³/mol. The zero-order valence-electron chi connectivity index (χ0n) is 7.14. The summed E-state index contributed by atoms with van der Waals surface area (Å²) in [7, 11) is 0. The average molecular weight is 178 g/mol. The summed E-state index contributed by atoms with van der Waals surface area (Å²) in [6, 6.07) is 0. The van der Waals surface area contributed by atoms with Crippen molar-refractivity contribution in [1.82, 2.24) is 0 Å². The maximum Gasteiger partial charge on any atom is 0.373 e. The molecule has 1 rings (SSSR count). The number of hydrogen-bond donors (Lipinski definition) is 0. The second-order valence-corrected chi connectivity index (χ2v) is 3.24. The summed E-state index contributed by atoms with van der Waals surface area (Å²) in [6.07, 6.45) is -0.224. The van der Waals surface area contributed by atoms with E-state index in [1.807, 2.05) is 13.8 Å². The molecule has 1 fully saturated rings. The van der Waals surface area contributed by atoms with E-state index in [1.165, 1.54) is 0 Å². The topological polar surface area (TPSA) is 34.1 Å². The first-order chi connectivity index (χ1) is 5.51. The van der Waals surface area contributed by atoms with Crippen LogP contribution in [0.3, 0.4) is 0 Å². The number of alkyl halides is 2. The second kappa shape index (κ2) is 4.31. The molecule has 0 N–H and O–H groups in total. The maximum absolute atomic E-state index is 11.9. The molecular weight excluding hydrogens is 166 g/mol. The van der Waals surface area contributed by atoms with Gasteiger partial charge in [0.2, 0.25) is 6.43 Å². The number of halogens is 2. The third-order valence-corrected chi connectivity index (χ3v) is 2.53. The first-order valence-corrected chi connectivity index (χ1v) is 3.79. The lowest BCUT2D eigenvalue weighted by atomic mass is 10.0. The summed E-state index contributed by atoms with van der Waals surface area (Å²) in [5.41, 5.74) is -0.0197. The van der Waals surface area contributed by atoms with Crippen LogP contribution >= 0.6 is 0 Å². The SMILES string of the molecule is CCC1(C)CC1C(F)F.O=C=O. The van der Waals surface area contributed by atoms with Crippen LogP contribution in [-0.4, -0.2) is 12.6 Å². The lowest BCUT2D eigenvalue weighted by Gasteiger charge is -2.04. The summed E-state index contributed by atoms with van der Waals surface area (Å²) < 4.78 is 23.8. The van der Waals surface area contributed by atoms with Crippen molar-refractivity contribution in [2.24, 2.45) is 11.3 Å². The van der Waals surface area contributed by atoms with Crippen LogP contribution in [0.2, 0.25) is 0 Å². The van der Waals surface area contributed by atoms with Gasteiger partial charge in [-0.2, -0.15) is 9.59 Å². The fourth-order valence-electron chi connectivity index (χ4n) is 1.24. The Labute approximate surface area is 69.9 Å². The van der Waals surface area contributed by atoms with Gasteiger partial charge in [-0.1, -0.05) is 20.3 Å². The lowest BCUT2D eigenvalue weighted by Crippen LogP contribution is -2.02. The highest BCUT2D eigenvalue weighted by atomic mass is 19.3. The Morgan fingerprint density at radius 1 is 1.58 bits per heavy atom. The van der Waals surface area contributed by atoms with Gasteiger partial charge in [0.05, 0.1) is 0 Å². The van der Waals surface area contributed by atoms with Crippen LogP contribution in [0.25, 0.3) is 0 Å². The molecule has 2 nitrogen and oxygen atoms in total. The van der Waals surface area contributed by atoms with Crippen LogP contribution < -0.4 is 0 Å². The van der Waals surface area contributed by atoms with Crippen LogP contribution in [0.5, 0.6) is 0 Å². The Morgan fingerprint density at radius 3 is 2.08 bits per heavy atom.